The first-order valence-electron chi connectivity index (χ1n) is 21.5. The van der Waals surface area contributed by atoms with Crippen molar-refractivity contribution >= 4 is 69.6 Å². The third-order valence-electron chi connectivity index (χ3n) is 9.74. The van der Waals surface area contributed by atoms with Gasteiger partial charge in [0.15, 0.2) is 0 Å². The third kappa shape index (κ3) is 19.3. The summed E-state index contributed by atoms with van der Waals surface area (Å²) in [7, 11) is 0. The molecule has 0 saturated heterocycles. The van der Waals surface area contributed by atoms with Gasteiger partial charge in [0, 0.05) is 37.5 Å². The quantitative estimate of drug-likeness (QED) is 0.0507. The average Bonchev–Trinajstić information content (AvgIpc) is 3.81. The van der Waals surface area contributed by atoms with E-state index in [0.717, 1.165) is 59.9 Å². The molecule has 18 heteroatoms. The molecular formula is C50H62Cl2N8Ni2O6. The van der Waals surface area contributed by atoms with Gasteiger partial charge < -0.3 is 30.0 Å². The van der Waals surface area contributed by atoms with Crippen LogP contribution in [0.25, 0.3) is 33.4 Å². The van der Waals surface area contributed by atoms with Crippen LogP contribution in [0.5, 0.6) is 11.5 Å². The van der Waals surface area contributed by atoms with Gasteiger partial charge in [0.1, 0.15) is 22.1 Å². The van der Waals surface area contributed by atoms with Crippen LogP contribution >= 0.6 is 23.2 Å². The predicted octanol–water partition coefficient (Wildman–Crippen LogP) is 7.59. The maximum absolute atomic E-state index is 13.9. The number of benzene rings is 4. The van der Waals surface area contributed by atoms with Crippen LogP contribution in [-0.4, -0.2) is 72.8 Å². The van der Waals surface area contributed by atoms with Gasteiger partial charge in [-0.1, -0.05) is 117 Å². The number of carbonyl (C=O) groups excluding carboxylic acids is 2. The van der Waals surface area contributed by atoms with Crippen LogP contribution in [0.15, 0.2) is 82.8 Å². The summed E-state index contributed by atoms with van der Waals surface area (Å²) in [6.07, 6.45) is 5.80. The molecule has 14 nitrogen and oxygen atoms in total. The van der Waals surface area contributed by atoms with Crippen molar-refractivity contribution in [2.75, 3.05) is 18.4 Å². The number of carboxylic acids is 2. The molecule has 2 aromatic heterocycles. The van der Waals surface area contributed by atoms with Crippen LogP contribution in [0.2, 0.25) is 0 Å². The molecule has 0 bridgehead atoms. The number of alkyl halides is 2. The largest absolute Gasteiger partial charge is 2.00 e. The Morgan fingerprint density at radius 3 is 1.09 bits per heavy atom. The van der Waals surface area contributed by atoms with Crippen molar-refractivity contribution in [2.45, 2.75) is 113 Å². The average molecular weight is 1060 g/mol. The van der Waals surface area contributed by atoms with Gasteiger partial charge in [-0.3, -0.25) is 9.98 Å². The van der Waals surface area contributed by atoms with E-state index in [9.17, 15) is 10.2 Å². The predicted molar refractivity (Wildman–Crippen MR) is 258 cm³/mol. The van der Waals surface area contributed by atoms with E-state index in [1.807, 2.05) is 72.8 Å². The van der Waals surface area contributed by atoms with E-state index in [4.69, 9.17) is 43.0 Å². The van der Waals surface area contributed by atoms with Gasteiger partial charge in [0.25, 0.3) is 0 Å². The molecule has 0 N–H and O–H groups in total. The maximum Gasteiger partial charge on any atom is 2.00 e. The maximum atomic E-state index is 13.9. The smallest absolute Gasteiger partial charge is 0.871 e. The first-order valence-corrected chi connectivity index (χ1v) is 22.6. The van der Waals surface area contributed by atoms with Crippen molar-refractivity contribution in [3.63, 3.8) is 0 Å². The van der Waals surface area contributed by atoms with Gasteiger partial charge in [-0.25, -0.2) is 0 Å². The Morgan fingerprint density at radius 2 is 0.838 bits per heavy atom. The summed E-state index contributed by atoms with van der Waals surface area (Å²) >= 11 is 9.53. The number of rotatable bonds is 12. The number of fused-ring (bicyclic) bond motifs is 2. The SMILES string of the molecule is CC(=O)[O-].CC(=O)[O-].CC(C)(C)CC(C)(C)c1cc(C=NCCCN=Cc2cc(C(C)(C)CC(C)(C)C)cc(-n3nc4ccccc4n3)c2[O-])c([O-])c(-n2nc3ccccc3n2)c1.ClCCl.[Ni+2].[Ni+2]. The first kappa shape index (κ1) is 61.1. The fourth-order valence-corrected chi connectivity index (χ4v) is 7.91. The molecule has 0 aliphatic rings. The van der Waals surface area contributed by atoms with Crippen molar-refractivity contribution in [3.05, 3.63) is 95.1 Å². The number of aliphatic carboxylic acids is 2. The minimum atomic E-state index is -1.08. The summed E-state index contributed by atoms with van der Waals surface area (Å²) in [6.45, 7) is 25.1. The molecule has 0 aliphatic carbocycles. The minimum absolute atomic E-state index is 0. The number of aliphatic imine (C=N–C) groups is 2. The Hall–Kier alpha value is -4.87. The van der Waals surface area contributed by atoms with E-state index in [1.54, 1.807) is 12.4 Å². The van der Waals surface area contributed by atoms with Crippen molar-refractivity contribution in [1.29, 1.82) is 0 Å². The molecule has 6 aromatic rings. The summed E-state index contributed by atoms with van der Waals surface area (Å²) in [5.74, 6) is -2.52. The van der Waals surface area contributed by atoms with Crippen LogP contribution in [0.4, 0.5) is 0 Å². The van der Waals surface area contributed by atoms with Crippen molar-refractivity contribution in [2.24, 2.45) is 20.8 Å². The van der Waals surface area contributed by atoms with Gasteiger partial charge in [0.2, 0.25) is 0 Å². The Morgan fingerprint density at radius 1 is 0.574 bits per heavy atom. The molecular weight excluding hydrogens is 997 g/mol. The number of nitrogens with zero attached hydrogens (tertiary/aromatic N) is 8. The van der Waals surface area contributed by atoms with E-state index in [0.29, 0.717) is 42.0 Å². The Kier molecular flexibility index (Phi) is 24.1. The van der Waals surface area contributed by atoms with Crippen LogP contribution in [0.1, 0.15) is 125 Å². The first-order chi connectivity index (χ1) is 30.7. The normalized spacial score (nSPS) is 11.7. The molecule has 0 spiro atoms. The van der Waals surface area contributed by atoms with E-state index in [-0.39, 0.29) is 71.5 Å². The van der Waals surface area contributed by atoms with E-state index in [2.05, 4.69) is 99.6 Å². The molecule has 0 atom stereocenters. The molecule has 4 aromatic carbocycles. The minimum Gasteiger partial charge on any atom is -0.871 e. The standard InChI is InChI=1S/C45H56N8O2.2C2H4O2.CH2Cl2.2Ni/c1-42(2,3)28-44(7,8)32-22-30(40(54)38(24-32)52-48-34-16-11-12-17-35(34)49-52)26-46-20-15-21-47-27-31-23-33(45(9,10)29-43(4,5)6)25-39(41(31)55)53-50-36-18-13-14-19-37(36)51-53;2*1-2(3)4;2-1-3;;/h11-14,16-19,22-27,54-55H,15,20-21,28-29H2,1-10H3;2*1H3,(H,3,4);1H2;;/q;;;;2*+2/p-4. The van der Waals surface area contributed by atoms with Gasteiger partial charge in [-0.15, -0.1) is 43.6 Å². The molecule has 0 amide bonds. The Balaban J connectivity index is 0.00000161. The number of hydrogen-bond acceptors (Lipinski definition) is 12. The monoisotopic (exact) mass is 1060 g/mol. The summed E-state index contributed by atoms with van der Waals surface area (Å²) in [6, 6.07) is 23.0. The molecule has 0 fully saturated rings. The molecule has 0 radical (unpaired) electrons. The topological polar surface area (TPSA) is 213 Å². The summed E-state index contributed by atoms with van der Waals surface area (Å²) in [5.41, 5.74) is 6.49. The second kappa shape index (κ2) is 26.8. The molecule has 0 unspecified atom stereocenters. The second-order valence-corrected chi connectivity index (χ2v) is 20.3. The number of aromatic nitrogens is 6. The van der Waals surface area contributed by atoms with E-state index >= 15 is 0 Å². The van der Waals surface area contributed by atoms with Crippen LogP contribution in [0, 0.1) is 10.8 Å². The van der Waals surface area contributed by atoms with Crippen molar-refractivity contribution in [1.82, 2.24) is 30.0 Å². The van der Waals surface area contributed by atoms with Gasteiger partial charge in [-0.2, -0.15) is 9.59 Å². The number of carbonyl (C=O) groups is 2. The van der Waals surface area contributed by atoms with Gasteiger partial charge >= 0.3 is 33.0 Å². The fraction of sp³-hybridized carbons (Fsp3) is 0.440. The second-order valence-electron chi connectivity index (χ2n) is 19.5. The number of hydrogen-bond donors (Lipinski definition) is 0. The van der Waals surface area contributed by atoms with E-state index < -0.39 is 11.9 Å². The summed E-state index contributed by atoms with van der Waals surface area (Å²) < 4.78 is 0. The number of carboxylic acid groups (broad SMARTS) is 2. The molecule has 2 heterocycles. The molecule has 0 aliphatic heterocycles. The van der Waals surface area contributed by atoms with Crippen molar-refractivity contribution in [3.8, 4) is 22.9 Å². The molecule has 68 heavy (non-hydrogen) atoms. The molecule has 6 rings (SSSR count). The Labute approximate surface area is 430 Å². The zero-order valence-electron chi connectivity index (χ0n) is 40.7. The number of halogens is 2. The summed E-state index contributed by atoms with van der Waals surface area (Å²) in [5, 5.41) is 64.2. The zero-order valence-corrected chi connectivity index (χ0v) is 44.2. The molecule has 372 valence electrons. The van der Waals surface area contributed by atoms with Gasteiger partial charge in [-0.05, 0) is 113 Å². The summed E-state index contributed by atoms with van der Waals surface area (Å²) in [4.78, 5) is 30.0. The van der Waals surface area contributed by atoms with Crippen LogP contribution < -0.4 is 20.4 Å². The fourth-order valence-electron chi connectivity index (χ4n) is 7.91. The third-order valence-corrected chi connectivity index (χ3v) is 9.74. The van der Waals surface area contributed by atoms with Gasteiger partial charge in [0.05, 0.1) is 16.7 Å². The van der Waals surface area contributed by atoms with E-state index in [1.165, 1.54) is 9.59 Å². The van der Waals surface area contributed by atoms with Crippen LogP contribution in [0.3, 0.4) is 0 Å². The Bertz CT molecular complexity index is 2380. The molecule has 0 saturated carbocycles. The zero-order chi connectivity index (χ0) is 49.6. The van der Waals surface area contributed by atoms with Crippen LogP contribution in [-0.2, 0) is 53.4 Å². The van der Waals surface area contributed by atoms with Crippen molar-refractivity contribution < 1.29 is 63.0 Å².